The zero-order chi connectivity index (χ0) is 10.7. The van der Waals surface area contributed by atoms with Crippen LogP contribution >= 0.6 is 8.16 Å². The molecule has 14 heavy (non-hydrogen) atoms. The van der Waals surface area contributed by atoms with E-state index >= 15 is 0 Å². The number of hydrogen-bond donors (Lipinski definition) is 2. The van der Waals surface area contributed by atoms with Crippen LogP contribution in [0, 0.1) is 11.1 Å². The molecule has 0 bridgehead atoms. The van der Waals surface area contributed by atoms with Gasteiger partial charge in [0, 0.05) is 0 Å². The second-order valence-electron chi connectivity index (χ2n) is 3.84. The van der Waals surface area contributed by atoms with Crippen LogP contribution < -0.4 is 0 Å². The maximum atomic E-state index is 9.90. The number of aliphatic hydroxyl groups excluding tert-OH is 1. The molecule has 2 unspecified atom stereocenters. The minimum absolute atomic E-state index is 0.0104. The van der Waals surface area contributed by atoms with Crippen molar-refractivity contribution in [1.82, 2.24) is 0 Å². The Hall–Kier alpha value is -0.0500. The number of nitrogens with one attached hydrogen (secondary N) is 1. The van der Waals surface area contributed by atoms with Crippen LogP contribution in [0.3, 0.4) is 0 Å². The molecule has 5 atom stereocenters. The van der Waals surface area contributed by atoms with Gasteiger partial charge in [0.05, 0.1) is 0 Å². The summed E-state index contributed by atoms with van der Waals surface area (Å²) >= 11 is 0. The molecule has 1 aliphatic rings. The van der Waals surface area contributed by atoms with Gasteiger partial charge < -0.3 is 0 Å². The number of nitrogens with zero attached hydrogens (tertiary/aromatic N) is 1. The second kappa shape index (κ2) is 5.15. The van der Waals surface area contributed by atoms with Crippen LogP contribution in [0.5, 0.6) is 0 Å². The fourth-order valence-corrected chi connectivity index (χ4v) is 2.54. The van der Waals surface area contributed by atoms with Crippen molar-refractivity contribution in [2.75, 3.05) is 0 Å². The average molecular weight is 217 g/mol. The topological polar surface area (TPSA) is 65.7 Å². The van der Waals surface area contributed by atoms with E-state index in [-0.39, 0.29) is 32.3 Å². The van der Waals surface area contributed by atoms with E-state index in [1.165, 1.54) is 0 Å². The molecule has 0 amide bonds. The third kappa shape index (κ3) is 2.30. The summed E-state index contributed by atoms with van der Waals surface area (Å²) in [7, 11) is 0.269. The maximum absolute atomic E-state index is 9.90. The van der Waals surface area contributed by atoms with Gasteiger partial charge in [0.15, 0.2) is 0 Å². The van der Waals surface area contributed by atoms with E-state index in [1.54, 1.807) is 0 Å². The summed E-state index contributed by atoms with van der Waals surface area (Å²) < 4.78 is 9.77. The monoisotopic (exact) mass is 217 g/mol. The van der Waals surface area contributed by atoms with Gasteiger partial charge in [-0.1, -0.05) is 0 Å². The molecule has 5 heteroatoms. The molecular weight excluding hydrogens is 199 g/mol. The zero-order valence-electron chi connectivity index (χ0n) is 8.84. The molecule has 0 aromatic rings. The molecule has 1 saturated heterocycles. The van der Waals surface area contributed by atoms with E-state index in [2.05, 4.69) is 4.74 Å². The van der Waals surface area contributed by atoms with Crippen molar-refractivity contribution in [2.24, 2.45) is 10.7 Å². The third-order valence-electron chi connectivity index (χ3n) is 2.92. The molecular formula is C9H18N2O2P+. The Kier molecular flexibility index (Phi) is 4.42. The Balaban J connectivity index is 2.78. The van der Waals surface area contributed by atoms with E-state index in [0.29, 0.717) is 0 Å². The van der Waals surface area contributed by atoms with E-state index in [0.717, 1.165) is 6.42 Å². The molecule has 1 rings (SSSR count). The Labute approximate surface area is 86.1 Å². The molecule has 0 saturated carbocycles. The first-order valence-corrected chi connectivity index (χ1v) is 5.86. The standard InChI is InChI=1S/C9H18N2O2P/c1-4-7-9(12)5(2)8(11-14-10)6(3)13-7/h5-10,12H,4H2,1-3H3/q+1/t5-,6+,7?,8?,9-/m1/s1. The molecule has 0 aliphatic carbocycles. The first-order chi connectivity index (χ1) is 6.61. The van der Waals surface area contributed by atoms with Crippen LogP contribution in [0.2, 0.25) is 0 Å². The molecule has 1 fully saturated rings. The Morgan fingerprint density at radius 1 is 1.50 bits per heavy atom. The van der Waals surface area contributed by atoms with Crippen LogP contribution in [0.25, 0.3) is 0 Å². The van der Waals surface area contributed by atoms with Crippen molar-refractivity contribution in [1.29, 1.82) is 5.16 Å². The first-order valence-electron chi connectivity index (χ1n) is 5.01. The van der Waals surface area contributed by atoms with Gasteiger partial charge in [-0.05, 0) is 0 Å². The van der Waals surface area contributed by atoms with Crippen molar-refractivity contribution in [3.05, 3.63) is 0 Å². The fourth-order valence-electron chi connectivity index (χ4n) is 2.01. The van der Waals surface area contributed by atoms with Crippen LogP contribution in [0.15, 0.2) is 4.74 Å². The summed E-state index contributed by atoms with van der Waals surface area (Å²) in [6.45, 7) is 5.95. The number of aliphatic hydroxyl groups is 1. The van der Waals surface area contributed by atoms with Gasteiger partial charge in [0.25, 0.3) is 0 Å². The van der Waals surface area contributed by atoms with Crippen LogP contribution in [-0.4, -0.2) is 29.5 Å². The summed E-state index contributed by atoms with van der Waals surface area (Å²) in [5.74, 6) is 0.0848. The molecule has 0 aromatic carbocycles. The Morgan fingerprint density at radius 2 is 2.14 bits per heavy atom. The van der Waals surface area contributed by atoms with Gasteiger partial charge in [-0.2, -0.15) is 0 Å². The average Bonchev–Trinajstić information content (AvgIpc) is 2.18. The Bertz CT molecular complexity index is 243. The van der Waals surface area contributed by atoms with E-state index in [9.17, 15) is 5.11 Å². The van der Waals surface area contributed by atoms with Gasteiger partial charge in [0.1, 0.15) is 0 Å². The predicted octanol–water partition coefficient (Wildman–Crippen LogP) is 2.44. The molecule has 80 valence electrons. The van der Waals surface area contributed by atoms with Gasteiger partial charge in [0.2, 0.25) is 0 Å². The van der Waals surface area contributed by atoms with E-state index in [1.807, 2.05) is 20.8 Å². The molecule has 1 heterocycles. The number of ether oxygens (including phenoxy) is 1. The molecule has 0 aromatic heterocycles. The minimum atomic E-state index is -0.452. The third-order valence-corrected chi connectivity index (χ3v) is 3.30. The summed E-state index contributed by atoms with van der Waals surface area (Å²) in [6, 6.07) is -0.0491. The predicted molar refractivity (Wildman–Crippen MR) is 55.7 cm³/mol. The van der Waals surface area contributed by atoms with Gasteiger partial charge in [-0.3, -0.25) is 0 Å². The normalized spacial score (nSPS) is 43.3. The molecule has 2 N–H and O–H groups in total. The molecule has 0 spiro atoms. The van der Waals surface area contributed by atoms with Crippen molar-refractivity contribution in [3.8, 4) is 0 Å². The van der Waals surface area contributed by atoms with Crippen molar-refractivity contribution >= 4 is 8.16 Å². The Morgan fingerprint density at radius 3 is 2.64 bits per heavy atom. The number of rotatable bonds is 2. The van der Waals surface area contributed by atoms with Gasteiger partial charge >= 0.3 is 85.4 Å². The fraction of sp³-hybridized carbons (Fsp3) is 1.00. The first kappa shape index (κ1) is 12.0. The van der Waals surface area contributed by atoms with Crippen LogP contribution in [-0.2, 0) is 4.74 Å². The van der Waals surface area contributed by atoms with Crippen LogP contribution in [0.1, 0.15) is 27.2 Å². The molecule has 4 nitrogen and oxygen atoms in total. The van der Waals surface area contributed by atoms with Crippen molar-refractivity contribution in [2.45, 2.75) is 51.5 Å². The van der Waals surface area contributed by atoms with Crippen molar-refractivity contribution in [3.63, 3.8) is 0 Å². The summed E-state index contributed by atoms with van der Waals surface area (Å²) in [5, 5.41) is 17.0. The quantitative estimate of drug-likeness (QED) is 0.697. The van der Waals surface area contributed by atoms with E-state index in [4.69, 9.17) is 9.90 Å². The van der Waals surface area contributed by atoms with E-state index < -0.39 is 6.10 Å². The molecule has 1 aliphatic heterocycles. The van der Waals surface area contributed by atoms with Crippen LogP contribution in [0.4, 0.5) is 0 Å². The van der Waals surface area contributed by atoms with Gasteiger partial charge in [-0.25, -0.2) is 0 Å². The molecule has 0 radical (unpaired) electrons. The second-order valence-corrected chi connectivity index (χ2v) is 4.27. The summed E-state index contributed by atoms with van der Waals surface area (Å²) in [6.07, 6.45) is 0.304. The van der Waals surface area contributed by atoms with Crippen molar-refractivity contribution < 1.29 is 9.84 Å². The van der Waals surface area contributed by atoms with Gasteiger partial charge in [-0.15, -0.1) is 0 Å². The summed E-state index contributed by atoms with van der Waals surface area (Å²) in [5.41, 5.74) is 0. The number of hydrogen-bond acceptors (Lipinski definition) is 4. The zero-order valence-corrected chi connectivity index (χ0v) is 9.74. The SMILES string of the molecule is CCC1O[C@@H](C)C(N=[P+]=N)[C@@H](C)[C@H]1O. The summed E-state index contributed by atoms with van der Waals surface area (Å²) in [4.78, 5) is 0.